The van der Waals surface area contributed by atoms with E-state index in [0.29, 0.717) is 19.1 Å². The van der Waals surface area contributed by atoms with Gasteiger partial charge in [0.2, 0.25) is 0 Å². The molecule has 0 aliphatic heterocycles. The van der Waals surface area contributed by atoms with Crippen molar-refractivity contribution in [2.24, 2.45) is 0 Å². The molecule has 0 radical (unpaired) electrons. The van der Waals surface area contributed by atoms with Crippen LogP contribution in [0.15, 0.2) is 23.8 Å². The number of ether oxygens (including phenoxy) is 1. The van der Waals surface area contributed by atoms with Crippen LogP contribution < -0.4 is 0 Å². The van der Waals surface area contributed by atoms with Gasteiger partial charge >= 0.3 is 5.97 Å². The van der Waals surface area contributed by atoms with E-state index in [1.165, 1.54) is 0 Å². The van der Waals surface area contributed by atoms with Crippen molar-refractivity contribution in [2.45, 2.75) is 19.3 Å². The first kappa shape index (κ1) is 15.3. The first-order chi connectivity index (χ1) is 9.26. The second kappa shape index (κ2) is 9.22. The van der Waals surface area contributed by atoms with E-state index in [2.05, 4.69) is 12.2 Å². The molecule has 104 valence electrons. The molecular formula is C14H19NO4. The average molecular weight is 265 g/mol. The summed E-state index contributed by atoms with van der Waals surface area (Å²) in [4.78, 5) is 33.9. The van der Waals surface area contributed by atoms with Crippen LogP contribution >= 0.6 is 0 Å². The van der Waals surface area contributed by atoms with Crippen LogP contribution in [0.25, 0.3) is 0 Å². The van der Waals surface area contributed by atoms with Gasteiger partial charge in [0.05, 0.1) is 19.5 Å². The monoisotopic (exact) mass is 265 g/mol. The van der Waals surface area contributed by atoms with E-state index in [4.69, 9.17) is 4.74 Å². The summed E-state index contributed by atoms with van der Waals surface area (Å²) >= 11 is 0. The second-order valence-electron chi connectivity index (χ2n) is 4.26. The molecule has 1 aliphatic rings. The molecule has 1 aliphatic carbocycles. The predicted octanol–water partition coefficient (Wildman–Crippen LogP) is 0.896. The highest BCUT2D eigenvalue weighted by atomic mass is 16.5. The van der Waals surface area contributed by atoms with E-state index in [9.17, 15) is 14.4 Å². The maximum atomic E-state index is 11.5. The van der Waals surface area contributed by atoms with Crippen molar-refractivity contribution in [2.75, 3.05) is 26.2 Å². The number of carbonyl (C=O) groups excluding carboxylic acids is 3. The van der Waals surface area contributed by atoms with Gasteiger partial charge in [-0.3, -0.25) is 9.69 Å². The van der Waals surface area contributed by atoms with Crippen molar-refractivity contribution in [3.8, 4) is 0 Å². The van der Waals surface area contributed by atoms with Gasteiger partial charge in [-0.15, -0.1) is 0 Å². The van der Waals surface area contributed by atoms with E-state index in [0.717, 1.165) is 18.4 Å². The summed E-state index contributed by atoms with van der Waals surface area (Å²) in [5, 5.41) is 0. The minimum Gasteiger partial charge on any atom is -0.461 e. The molecule has 5 nitrogen and oxygen atoms in total. The highest BCUT2D eigenvalue weighted by molar-refractivity contribution is 5.70. The normalized spacial score (nSPS) is 14.1. The molecule has 0 aromatic carbocycles. The van der Waals surface area contributed by atoms with Gasteiger partial charge in [0.25, 0.3) is 0 Å². The van der Waals surface area contributed by atoms with E-state index >= 15 is 0 Å². The third-order valence-electron chi connectivity index (χ3n) is 2.77. The smallest absolute Gasteiger partial charge is 0.307 e. The molecule has 0 saturated carbocycles. The Morgan fingerprint density at radius 2 is 2.00 bits per heavy atom. The second-order valence-corrected chi connectivity index (χ2v) is 4.26. The van der Waals surface area contributed by atoms with Crippen molar-refractivity contribution in [1.82, 2.24) is 4.90 Å². The van der Waals surface area contributed by atoms with Gasteiger partial charge in [-0.1, -0.05) is 18.2 Å². The van der Waals surface area contributed by atoms with Gasteiger partial charge < -0.3 is 14.3 Å². The number of aldehydes is 2. The zero-order valence-corrected chi connectivity index (χ0v) is 10.9. The number of carbonyl (C=O) groups is 3. The predicted molar refractivity (Wildman–Crippen MR) is 70.6 cm³/mol. The maximum Gasteiger partial charge on any atom is 0.307 e. The van der Waals surface area contributed by atoms with Crippen molar-refractivity contribution >= 4 is 18.5 Å². The quantitative estimate of drug-likeness (QED) is 0.458. The van der Waals surface area contributed by atoms with Crippen LogP contribution in [0.5, 0.6) is 0 Å². The molecule has 0 fully saturated rings. The van der Waals surface area contributed by atoms with Gasteiger partial charge in [0.1, 0.15) is 19.2 Å². The SMILES string of the molecule is O=CCN(CC=O)CCC(=O)OCC1=CCCC=C1. The maximum absolute atomic E-state index is 11.5. The molecule has 0 aromatic rings. The fourth-order valence-corrected chi connectivity index (χ4v) is 1.73. The zero-order valence-electron chi connectivity index (χ0n) is 10.9. The van der Waals surface area contributed by atoms with Gasteiger partial charge in [-0.2, -0.15) is 0 Å². The summed E-state index contributed by atoms with van der Waals surface area (Å²) in [6, 6.07) is 0. The Morgan fingerprint density at radius 1 is 1.26 bits per heavy atom. The van der Waals surface area contributed by atoms with Crippen molar-refractivity contribution in [3.63, 3.8) is 0 Å². The minimum atomic E-state index is -0.318. The Hall–Kier alpha value is -1.75. The lowest BCUT2D eigenvalue weighted by Crippen LogP contribution is -2.30. The Kier molecular flexibility index (Phi) is 7.43. The Bertz CT molecular complexity index is 364. The van der Waals surface area contributed by atoms with Crippen LogP contribution in [0.2, 0.25) is 0 Å². The highest BCUT2D eigenvalue weighted by Crippen LogP contribution is 2.09. The van der Waals surface area contributed by atoms with E-state index in [1.807, 2.05) is 6.08 Å². The topological polar surface area (TPSA) is 63.7 Å². The lowest BCUT2D eigenvalue weighted by molar-refractivity contribution is -0.143. The number of hydrogen-bond donors (Lipinski definition) is 0. The fourth-order valence-electron chi connectivity index (χ4n) is 1.73. The van der Waals surface area contributed by atoms with Gasteiger partial charge in [-0.05, 0) is 18.4 Å². The molecule has 5 heteroatoms. The van der Waals surface area contributed by atoms with Gasteiger partial charge in [0, 0.05) is 6.54 Å². The summed E-state index contributed by atoms with van der Waals surface area (Å²) in [7, 11) is 0. The molecule has 0 amide bonds. The summed E-state index contributed by atoms with van der Waals surface area (Å²) in [6.07, 6.45) is 9.69. The number of esters is 1. The standard InChI is InChI=1S/C14H19NO4/c16-10-8-15(9-11-17)7-6-14(18)19-12-13-4-2-1-3-5-13/h2,4-5,10-11H,1,3,6-9,12H2. The van der Waals surface area contributed by atoms with Crippen molar-refractivity contribution in [1.29, 1.82) is 0 Å². The van der Waals surface area contributed by atoms with E-state index in [1.54, 1.807) is 4.90 Å². The van der Waals surface area contributed by atoms with E-state index < -0.39 is 0 Å². The lowest BCUT2D eigenvalue weighted by atomic mass is 10.1. The molecular weight excluding hydrogens is 246 g/mol. The van der Waals surface area contributed by atoms with Gasteiger partial charge in [0.15, 0.2) is 0 Å². The Morgan fingerprint density at radius 3 is 2.58 bits per heavy atom. The lowest BCUT2D eigenvalue weighted by Gasteiger charge is -2.15. The Labute approximate surface area is 112 Å². The number of rotatable bonds is 9. The molecule has 0 unspecified atom stereocenters. The molecule has 0 spiro atoms. The Balaban J connectivity index is 2.22. The molecule has 0 atom stereocenters. The first-order valence-electron chi connectivity index (χ1n) is 6.37. The minimum absolute atomic E-state index is 0.153. The van der Waals surface area contributed by atoms with Crippen molar-refractivity contribution < 1.29 is 19.1 Å². The molecule has 0 heterocycles. The van der Waals surface area contributed by atoms with Crippen LogP contribution in [-0.4, -0.2) is 49.7 Å². The summed E-state index contributed by atoms with van der Waals surface area (Å²) in [6.45, 7) is 0.946. The largest absolute Gasteiger partial charge is 0.461 e. The molecule has 0 N–H and O–H groups in total. The third-order valence-corrected chi connectivity index (χ3v) is 2.77. The molecule has 19 heavy (non-hydrogen) atoms. The number of hydrogen-bond acceptors (Lipinski definition) is 5. The van der Waals surface area contributed by atoms with Crippen molar-refractivity contribution in [3.05, 3.63) is 23.8 Å². The van der Waals surface area contributed by atoms with Crippen LogP contribution in [0, 0.1) is 0 Å². The zero-order chi connectivity index (χ0) is 13.9. The van der Waals surface area contributed by atoms with Crippen LogP contribution in [0.1, 0.15) is 19.3 Å². The van der Waals surface area contributed by atoms with E-state index in [-0.39, 0.29) is 32.1 Å². The van der Waals surface area contributed by atoms with Crippen LogP contribution in [0.4, 0.5) is 0 Å². The average Bonchev–Trinajstić information content (AvgIpc) is 2.44. The summed E-state index contributed by atoms with van der Waals surface area (Å²) < 4.78 is 5.13. The molecule has 1 rings (SSSR count). The summed E-state index contributed by atoms with van der Waals surface area (Å²) in [5.41, 5.74) is 1.01. The highest BCUT2D eigenvalue weighted by Gasteiger charge is 2.09. The molecule has 0 saturated heterocycles. The third kappa shape index (κ3) is 6.67. The van der Waals surface area contributed by atoms with Gasteiger partial charge in [-0.25, -0.2) is 0 Å². The molecule has 0 aromatic heterocycles. The number of nitrogens with zero attached hydrogens (tertiary/aromatic N) is 1. The fraction of sp³-hybridized carbons (Fsp3) is 0.500. The molecule has 0 bridgehead atoms. The van der Waals surface area contributed by atoms with Crippen LogP contribution in [0.3, 0.4) is 0 Å². The van der Waals surface area contributed by atoms with Crippen LogP contribution in [-0.2, 0) is 19.1 Å². The number of allylic oxidation sites excluding steroid dienone is 2. The summed E-state index contributed by atoms with van der Waals surface area (Å²) in [5.74, 6) is -0.318. The first-order valence-corrected chi connectivity index (χ1v) is 6.37.